The maximum Gasteiger partial charge on any atom is 0.262 e. The van der Waals surface area contributed by atoms with Gasteiger partial charge in [0.05, 0.1) is 11.7 Å². The quantitative estimate of drug-likeness (QED) is 0.392. The molecule has 0 saturated carbocycles. The molecule has 0 aliphatic heterocycles. The van der Waals surface area contributed by atoms with E-state index in [0.717, 1.165) is 16.7 Å². The van der Waals surface area contributed by atoms with Crippen molar-refractivity contribution in [2.75, 3.05) is 10.6 Å². The number of amides is 2. The second-order valence-corrected chi connectivity index (χ2v) is 9.32. The molecule has 0 unspecified atom stereocenters. The van der Waals surface area contributed by atoms with Crippen LogP contribution in [0.2, 0.25) is 0 Å². The van der Waals surface area contributed by atoms with E-state index in [9.17, 15) is 14.4 Å². The molecule has 2 aromatic heterocycles. The molecule has 0 bridgehead atoms. The van der Waals surface area contributed by atoms with E-state index in [-0.39, 0.29) is 36.3 Å². The van der Waals surface area contributed by atoms with Crippen LogP contribution in [0.1, 0.15) is 25.8 Å². The first kappa shape index (κ1) is 23.4. The third-order valence-electron chi connectivity index (χ3n) is 5.46. The van der Waals surface area contributed by atoms with Crippen LogP contribution in [0, 0.1) is 12.8 Å². The zero-order valence-corrected chi connectivity index (χ0v) is 20.1. The fourth-order valence-corrected chi connectivity index (χ4v) is 4.35. The van der Waals surface area contributed by atoms with Gasteiger partial charge in [-0.3, -0.25) is 19.0 Å². The maximum absolute atomic E-state index is 13.2. The zero-order chi connectivity index (χ0) is 24.2. The van der Waals surface area contributed by atoms with Crippen molar-refractivity contribution in [2.24, 2.45) is 5.92 Å². The molecule has 4 rings (SSSR count). The number of benzene rings is 2. The first-order valence-electron chi connectivity index (χ1n) is 11.1. The average Bonchev–Trinajstić information content (AvgIpc) is 3.25. The first-order chi connectivity index (χ1) is 16.3. The molecule has 0 aliphatic rings. The summed E-state index contributed by atoms with van der Waals surface area (Å²) >= 11 is 1.44. The Balaban J connectivity index is 1.43. The molecular formula is C26H26N4O3S. The standard InChI is InChI=1S/C26H26N4O3S/c1-16(2)24(32)29-20-10-8-19(9-11-20)28-22(31)12-13-30-15-27-25-23(26(30)33)21(14-34-25)18-6-4-17(3)5-7-18/h4-11,14-16H,12-13H2,1-3H3,(H,28,31)(H,29,32). The summed E-state index contributed by atoms with van der Waals surface area (Å²) in [6.07, 6.45) is 1.63. The van der Waals surface area contributed by atoms with Gasteiger partial charge >= 0.3 is 0 Å². The fraction of sp³-hybridized carbons (Fsp3) is 0.231. The Morgan fingerprint density at radius 1 is 1.00 bits per heavy atom. The minimum absolute atomic E-state index is 0.0658. The maximum atomic E-state index is 13.2. The number of thiophene rings is 1. The molecule has 0 saturated heterocycles. The molecule has 2 aromatic carbocycles. The number of hydrogen-bond donors (Lipinski definition) is 2. The second kappa shape index (κ2) is 10.0. The minimum atomic E-state index is -0.213. The summed E-state index contributed by atoms with van der Waals surface area (Å²) in [4.78, 5) is 42.5. The summed E-state index contributed by atoms with van der Waals surface area (Å²) in [5.74, 6) is -0.391. The molecule has 174 valence electrons. The summed E-state index contributed by atoms with van der Waals surface area (Å²) < 4.78 is 1.48. The van der Waals surface area contributed by atoms with Crippen LogP contribution in [-0.2, 0) is 16.1 Å². The lowest BCUT2D eigenvalue weighted by molar-refractivity contribution is -0.119. The van der Waals surface area contributed by atoms with Crippen LogP contribution < -0.4 is 16.2 Å². The topological polar surface area (TPSA) is 93.1 Å². The van der Waals surface area contributed by atoms with Crippen molar-refractivity contribution in [2.45, 2.75) is 33.7 Å². The second-order valence-electron chi connectivity index (χ2n) is 8.46. The number of aryl methyl sites for hydroxylation is 2. The van der Waals surface area contributed by atoms with Gasteiger partial charge in [0, 0.05) is 41.2 Å². The lowest BCUT2D eigenvalue weighted by Crippen LogP contribution is -2.23. The number of nitrogens with zero attached hydrogens (tertiary/aromatic N) is 2. The van der Waals surface area contributed by atoms with Gasteiger partial charge < -0.3 is 10.6 Å². The van der Waals surface area contributed by atoms with Gasteiger partial charge in [-0.2, -0.15) is 0 Å². The Labute approximate surface area is 201 Å². The molecular weight excluding hydrogens is 448 g/mol. The molecule has 0 aliphatic carbocycles. The molecule has 2 N–H and O–H groups in total. The van der Waals surface area contributed by atoms with Gasteiger partial charge in [-0.15, -0.1) is 11.3 Å². The van der Waals surface area contributed by atoms with Gasteiger partial charge in [0.15, 0.2) is 0 Å². The molecule has 7 nitrogen and oxygen atoms in total. The van der Waals surface area contributed by atoms with Crippen molar-refractivity contribution in [1.29, 1.82) is 0 Å². The van der Waals surface area contributed by atoms with Crippen molar-refractivity contribution in [3.63, 3.8) is 0 Å². The number of hydrogen-bond acceptors (Lipinski definition) is 5. The van der Waals surface area contributed by atoms with Crippen molar-refractivity contribution in [1.82, 2.24) is 9.55 Å². The number of anilines is 2. The minimum Gasteiger partial charge on any atom is -0.326 e. The third-order valence-corrected chi connectivity index (χ3v) is 6.35. The first-order valence-corrected chi connectivity index (χ1v) is 11.9. The summed E-state index contributed by atoms with van der Waals surface area (Å²) in [7, 11) is 0. The fourth-order valence-electron chi connectivity index (χ4n) is 3.44. The number of rotatable bonds is 7. The van der Waals surface area contributed by atoms with E-state index in [0.29, 0.717) is 21.6 Å². The van der Waals surface area contributed by atoms with Crippen LogP contribution in [0.15, 0.2) is 65.0 Å². The normalized spacial score (nSPS) is 11.1. The van der Waals surface area contributed by atoms with Gasteiger partial charge in [-0.05, 0) is 36.8 Å². The van der Waals surface area contributed by atoms with Crippen molar-refractivity contribution < 1.29 is 9.59 Å². The number of carbonyl (C=O) groups excluding carboxylic acids is 2. The van der Waals surface area contributed by atoms with Crippen molar-refractivity contribution in [3.05, 3.63) is 76.2 Å². The van der Waals surface area contributed by atoms with Gasteiger partial charge in [0.25, 0.3) is 5.56 Å². The average molecular weight is 475 g/mol. The van der Waals surface area contributed by atoms with Gasteiger partial charge in [0.2, 0.25) is 11.8 Å². The summed E-state index contributed by atoms with van der Waals surface area (Å²) in [6, 6.07) is 15.0. The van der Waals surface area contributed by atoms with E-state index in [1.807, 2.05) is 50.4 Å². The lowest BCUT2D eigenvalue weighted by Gasteiger charge is -2.10. The molecule has 0 fully saturated rings. The summed E-state index contributed by atoms with van der Waals surface area (Å²) in [5, 5.41) is 8.17. The summed E-state index contributed by atoms with van der Waals surface area (Å²) in [6.45, 7) is 5.89. The molecule has 0 radical (unpaired) electrons. The molecule has 0 atom stereocenters. The predicted octanol–water partition coefficient (Wildman–Crippen LogP) is 5.06. The third kappa shape index (κ3) is 5.23. The highest BCUT2D eigenvalue weighted by Crippen LogP contribution is 2.30. The van der Waals surface area contributed by atoms with Crippen LogP contribution in [0.5, 0.6) is 0 Å². The Hall–Kier alpha value is -3.78. The number of fused-ring (bicyclic) bond motifs is 1. The highest BCUT2D eigenvalue weighted by atomic mass is 32.1. The van der Waals surface area contributed by atoms with Gasteiger partial charge in [0.1, 0.15) is 4.83 Å². The number of aromatic nitrogens is 2. The Bertz CT molecular complexity index is 1390. The number of nitrogens with one attached hydrogen (secondary N) is 2. The monoisotopic (exact) mass is 474 g/mol. The lowest BCUT2D eigenvalue weighted by atomic mass is 10.1. The van der Waals surface area contributed by atoms with E-state index < -0.39 is 0 Å². The molecule has 8 heteroatoms. The summed E-state index contributed by atoms with van der Waals surface area (Å²) in [5.41, 5.74) is 4.12. The van der Waals surface area contributed by atoms with Crippen molar-refractivity contribution in [3.8, 4) is 11.1 Å². The van der Waals surface area contributed by atoms with E-state index in [2.05, 4.69) is 15.6 Å². The van der Waals surface area contributed by atoms with Crippen molar-refractivity contribution >= 4 is 44.7 Å². The SMILES string of the molecule is Cc1ccc(-c2csc3ncn(CCC(=O)Nc4ccc(NC(=O)C(C)C)cc4)c(=O)c23)cc1. The van der Waals surface area contributed by atoms with E-state index >= 15 is 0 Å². The zero-order valence-electron chi connectivity index (χ0n) is 19.3. The van der Waals surface area contributed by atoms with Crippen LogP contribution in [0.4, 0.5) is 11.4 Å². The Morgan fingerprint density at radius 2 is 1.65 bits per heavy atom. The smallest absolute Gasteiger partial charge is 0.262 e. The van der Waals surface area contributed by atoms with Gasteiger partial charge in [-0.1, -0.05) is 43.7 Å². The van der Waals surface area contributed by atoms with E-state index in [1.54, 1.807) is 24.3 Å². The van der Waals surface area contributed by atoms with E-state index in [1.165, 1.54) is 22.2 Å². The van der Waals surface area contributed by atoms with Crippen LogP contribution in [0.25, 0.3) is 21.3 Å². The van der Waals surface area contributed by atoms with Crippen LogP contribution in [-0.4, -0.2) is 21.4 Å². The molecule has 4 aromatic rings. The number of carbonyl (C=O) groups is 2. The molecule has 0 spiro atoms. The highest BCUT2D eigenvalue weighted by Gasteiger charge is 2.14. The van der Waals surface area contributed by atoms with E-state index in [4.69, 9.17) is 0 Å². The predicted molar refractivity (Wildman–Crippen MR) is 137 cm³/mol. The largest absolute Gasteiger partial charge is 0.326 e. The highest BCUT2D eigenvalue weighted by molar-refractivity contribution is 7.17. The van der Waals surface area contributed by atoms with Crippen LogP contribution in [0.3, 0.4) is 0 Å². The molecule has 2 heterocycles. The molecule has 2 amide bonds. The molecule has 34 heavy (non-hydrogen) atoms. The van der Waals surface area contributed by atoms with Crippen LogP contribution >= 0.6 is 11.3 Å². The Morgan fingerprint density at radius 3 is 2.29 bits per heavy atom. The Kier molecular flexibility index (Phi) is 6.88. The van der Waals surface area contributed by atoms with Gasteiger partial charge in [-0.25, -0.2) is 4.98 Å².